The second kappa shape index (κ2) is 50.8. The molecule has 0 spiro atoms. The Balaban J connectivity index is 4.31. The molecule has 0 aromatic rings. The summed E-state index contributed by atoms with van der Waals surface area (Å²) in [5.41, 5.74) is 0. The Labute approximate surface area is 399 Å². The van der Waals surface area contributed by atoms with Crippen LogP contribution < -0.4 is 0 Å². The average Bonchev–Trinajstić information content (AvgIpc) is 3.27. The van der Waals surface area contributed by atoms with Gasteiger partial charge in [0, 0.05) is 19.3 Å². The van der Waals surface area contributed by atoms with Crippen molar-refractivity contribution >= 4 is 17.9 Å². The Hall–Kier alpha value is -1.59. The van der Waals surface area contributed by atoms with E-state index in [1.54, 1.807) is 0 Å². The predicted octanol–water partition coefficient (Wildman–Crippen LogP) is 18.9. The normalized spacial score (nSPS) is 12.0. The zero-order valence-corrected chi connectivity index (χ0v) is 43.9. The molecule has 0 aliphatic rings. The van der Waals surface area contributed by atoms with E-state index in [0.717, 1.165) is 69.6 Å². The molecule has 0 fully saturated rings. The highest BCUT2D eigenvalue weighted by molar-refractivity contribution is 5.71. The predicted molar refractivity (Wildman–Crippen MR) is 275 cm³/mol. The highest BCUT2D eigenvalue weighted by atomic mass is 16.6. The first kappa shape index (κ1) is 62.4. The number of unbranched alkanes of at least 4 members (excludes halogenated alkanes) is 37. The molecular weight excluding hydrogens is 793 g/mol. The quantitative estimate of drug-likeness (QED) is 0.0344. The Bertz CT molecular complexity index is 978. The third-order valence-electron chi connectivity index (χ3n) is 13.2. The SMILES string of the molecule is CCCCCCCCCCCCCCCCCC(=O)OC[C@@H](COC(=O)CCCCCCCCCCCCCCC(C)C)OC(=O)CCCCCCCCCCCCCCCC(C)C. The molecule has 6 heteroatoms. The lowest BCUT2D eigenvalue weighted by Crippen LogP contribution is -2.30. The van der Waals surface area contributed by atoms with E-state index < -0.39 is 6.10 Å². The zero-order valence-electron chi connectivity index (χ0n) is 43.9. The molecule has 0 aromatic heterocycles. The lowest BCUT2D eigenvalue weighted by molar-refractivity contribution is -0.167. The number of ether oxygens (including phenoxy) is 3. The van der Waals surface area contributed by atoms with Gasteiger partial charge in [-0.2, -0.15) is 0 Å². The molecule has 0 amide bonds. The minimum atomic E-state index is -0.762. The van der Waals surface area contributed by atoms with Gasteiger partial charge in [-0.1, -0.05) is 285 Å². The van der Waals surface area contributed by atoms with Crippen LogP contribution >= 0.6 is 0 Å². The monoisotopic (exact) mass is 905 g/mol. The minimum Gasteiger partial charge on any atom is -0.462 e. The summed E-state index contributed by atoms with van der Waals surface area (Å²) in [6, 6.07) is 0. The number of rotatable bonds is 52. The highest BCUT2D eigenvalue weighted by Crippen LogP contribution is 2.18. The van der Waals surface area contributed by atoms with Crippen molar-refractivity contribution in [2.45, 2.75) is 330 Å². The molecule has 0 heterocycles. The van der Waals surface area contributed by atoms with E-state index >= 15 is 0 Å². The molecule has 0 aliphatic heterocycles. The number of hydrogen-bond donors (Lipinski definition) is 0. The van der Waals surface area contributed by atoms with Crippen LogP contribution in [0.4, 0.5) is 0 Å². The van der Waals surface area contributed by atoms with Crippen LogP contribution in [0.25, 0.3) is 0 Å². The first-order valence-electron chi connectivity index (χ1n) is 28.7. The van der Waals surface area contributed by atoms with Gasteiger partial charge < -0.3 is 14.2 Å². The summed E-state index contributed by atoms with van der Waals surface area (Å²) in [4.78, 5) is 38.1. The first-order chi connectivity index (χ1) is 31.2. The summed E-state index contributed by atoms with van der Waals surface area (Å²) in [6.45, 7) is 11.4. The van der Waals surface area contributed by atoms with Gasteiger partial charge in [0.15, 0.2) is 6.10 Å². The number of esters is 3. The van der Waals surface area contributed by atoms with Gasteiger partial charge in [0.2, 0.25) is 0 Å². The lowest BCUT2D eigenvalue weighted by atomic mass is 10.0. The van der Waals surface area contributed by atoms with Crippen molar-refractivity contribution in [3.8, 4) is 0 Å². The molecule has 0 N–H and O–H groups in total. The van der Waals surface area contributed by atoms with Crippen molar-refractivity contribution in [3.63, 3.8) is 0 Å². The van der Waals surface area contributed by atoms with Crippen LogP contribution in [0, 0.1) is 11.8 Å². The van der Waals surface area contributed by atoms with Gasteiger partial charge in [-0.3, -0.25) is 14.4 Å². The number of hydrogen-bond acceptors (Lipinski definition) is 6. The van der Waals surface area contributed by atoms with Crippen molar-refractivity contribution in [2.75, 3.05) is 13.2 Å². The van der Waals surface area contributed by atoms with Gasteiger partial charge in [-0.15, -0.1) is 0 Å². The Morgan fingerprint density at radius 3 is 0.766 bits per heavy atom. The van der Waals surface area contributed by atoms with Crippen LogP contribution in [0.3, 0.4) is 0 Å². The van der Waals surface area contributed by atoms with Gasteiger partial charge in [-0.05, 0) is 31.1 Å². The molecule has 0 aliphatic carbocycles. The van der Waals surface area contributed by atoms with Crippen molar-refractivity contribution < 1.29 is 28.6 Å². The van der Waals surface area contributed by atoms with E-state index in [2.05, 4.69) is 34.6 Å². The molecule has 0 rings (SSSR count). The molecular formula is C58H112O6. The van der Waals surface area contributed by atoms with Crippen LogP contribution in [0.1, 0.15) is 324 Å². The van der Waals surface area contributed by atoms with E-state index in [4.69, 9.17) is 14.2 Å². The fraction of sp³-hybridized carbons (Fsp3) is 0.948. The van der Waals surface area contributed by atoms with Crippen LogP contribution in [0.2, 0.25) is 0 Å². The van der Waals surface area contributed by atoms with Crippen molar-refractivity contribution in [1.29, 1.82) is 0 Å². The van der Waals surface area contributed by atoms with Gasteiger partial charge >= 0.3 is 17.9 Å². The lowest BCUT2D eigenvalue weighted by Gasteiger charge is -2.18. The van der Waals surface area contributed by atoms with Gasteiger partial charge in [0.25, 0.3) is 0 Å². The van der Waals surface area contributed by atoms with Crippen molar-refractivity contribution in [3.05, 3.63) is 0 Å². The van der Waals surface area contributed by atoms with Gasteiger partial charge in [-0.25, -0.2) is 0 Å². The third-order valence-corrected chi connectivity index (χ3v) is 13.2. The maximum Gasteiger partial charge on any atom is 0.306 e. The topological polar surface area (TPSA) is 78.9 Å². The van der Waals surface area contributed by atoms with E-state index in [0.29, 0.717) is 19.3 Å². The first-order valence-corrected chi connectivity index (χ1v) is 28.7. The molecule has 0 radical (unpaired) electrons. The second-order valence-corrected chi connectivity index (χ2v) is 20.9. The molecule has 0 saturated heterocycles. The highest BCUT2D eigenvalue weighted by Gasteiger charge is 2.19. The van der Waals surface area contributed by atoms with E-state index in [1.165, 1.54) is 212 Å². The Kier molecular flexibility index (Phi) is 49.6. The summed E-state index contributed by atoms with van der Waals surface area (Å²) < 4.78 is 16.9. The zero-order chi connectivity index (χ0) is 46.8. The standard InChI is InChI=1S/C58H112O6/c1-6-7-8-9-10-11-12-13-14-17-23-28-33-38-43-48-56(59)62-51-55(52-63-57(60)49-44-39-34-29-24-20-19-22-27-32-37-42-47-54(4)5)64-58(61)50-45-40-35-30-25-18-15-16-21-26-31-36-41-46-53(2)3/h53-55H,6-52H2,1-5H3/t55-/m0/s1. The maximum atomic E-state index is 12.8. The Morgan fingerprint density at radius 1 is 0.297 bits per heavy atom. The molecule has 0 saturated carbocycles. The number of carbonyl (C=O) groups excluding carboxylic acids is 3. The molecule has 0 aromatic carbocycles. The summed E-state index contributed by atoms with van der Waals surface area (Å²) in [6.07, 6.45) is 53.7. The van der Waals surface area contributed by atoms with Gasteiger partial charge in [0.05, 0.1) is 0 Å². The summed E-state index contributed by atoms with van der Waals surface area (Å²) in [5, 5.41) is 0. The molecule has 0 bridgehead atoms. The van der Waals surface area contributed by atoms with E-state index in [9.17, 15) is 14.4 Å². The molecule has 1 atom stereocenters. The second-order valence-electron chi connectivity index (χ2n) is 20.9. The fourth-order valence-corrected chi connectivity index (χ4v) is 8.87. The summed E-state index contributed by atoms with van der Waals surface area (Å²) in [7, 11) is 0. The summed E-state index contributed by atoms with van der Waals surface area (Å²) in [5.74, 6) is 0.833. The minimum absolute atomic E-state index is 0.0626. The van der Waals surface area contributed by atoms with E-state index in [-0.39, 0.29) is 31.1 Å². The van der Waals surface area contributed by atoms with Crippen molar-refractivity contribution in [1.82, 2.24) is 0 Å². The van der Waals surface area contributed by atoms with Crippen LogP contribution in [0.5, 0.6) is 0 Å². The maximum absolute atomic E-state index is 12.8. The van der Waals surface area contributed by atoms with Crippen LogP contribution in [-0.2, 0) is 28.6 Å². The molecule has 64 heavy (non-hydrogen) atoms. The number of carbonyl (C=O) groups is 3. The van der Waals surface area contributed by atoms with Crippen LogP contribution in [-0.4, -0.2) is 37.2 Å². The third kappa shape index (κ3) is 51.4. The fourth-order valence-electron chi connectivity index (χ4n) is 8.87. The smallest absolute Gasteiger partial charge is 0.306 e. The largest absolute Gasteiger partial charge is 0.462 e. The van der Waals surface area contributed by atoms with Crippen LogP contribution in [0.15, 0.2) is 0 Å². The molecule has 380 valence electrons. The van der Waals surface area contributed by atoms with Crippen molar-refractivity contribution in [2.24, 2.45) is 11.8 Å². The molecule has 0 unspecified atom stereocenters. The molecule has 6 nitrogen and oxygen atoms in total. The summed E-state index contributed by atoms with van der Waals surface area (Å²) >= 11 is 0. The van der Waals surface area contributed by atoms with E-state index in [1.807, 2.05) is 0 Å². The Morgan fingerprint density at radius 2 is 0.516 bits per heavy atom. The van der Waals surface area contributed by atoms with Gasteiger partial charge in [0.1, 0.15) is 13.2 Å². The average molecular weight is 906 g/mol.